The van der Waals surface area contributed by atoms with E-state index in [0.717, 1.165) is 24.4 Å². The van der Waals surface area contributed by atoms with Crippen LogP contribution in [0.25, 0.3) is 0 Å². The van der Waals surface area contributed by atoms with Crippen LogP contribution in [0.3, 0.4) is 0 Å². The first-order valence-corrected chi connectivity index (χ1v) is 7.33. The van der Waals surface area contributed by atoms with Gasteiger partial charge in [-0.15, -0.1) is 11.3 Å². The average molecular weight is 290 g/mol. The Morgan fingerprint density at radius 3 is 2.75 bits per heavy atom. The third-order valence-electron chi connectivity index (χ3n) is 2.90. The first-order chi connectivity index (χ1) is 9.78. The standard InChI is InChI=1S/C15H18N2O2S/c1-19-15(18)10-13-2-3-14(20-13)11-17-9-6-12-4-7-16-8-5-12/h2-5,7-8,17H,6,9-11H2,1H3. The molecule has 2 rings (SSSR count). The monoisotopic (exact) mass is 290 g/mol. The van der Waals surface area contributed by atoms with Crippen molar-refractivity contribution in [1.29, 1.82) is 0 Å². The first-order valence-electron chi connectivity index (χ1n) is 6.52. The number of hydrogen-bond donors (Lipinski definition) is 1. The number of thiophene rings is 1. The molecule has 0 aliphatic carbocycles. The van der Waals surface area contributed by atoms with E-state index in [4.69, 9.17) is 0 Å². The van der Waals surface area contributed by atoms with E-state index >= 15 is 0 Å². The molecule has 2 aromatic rings. The van der Waals surface area contributed by atoms with Crippen LogP contribution < -0.4 is 5.32 Å². The maximum atomic E-state index is 11.2. The summed E-state index contributed by atoms with van der Waals surface area (Å²) in [6.07, 6.45) is 4.97. The molecule has 0 saturated heterocycles. The molecule has 0 aromatic carbocycles. The van der Waals surface area contributed by atoms with E-state index in [1.807, 2.05) is 30.6 Å². The van der Waals surface area contributed by atoms with Crippen LogP contribution in [0.5, 0.6) is 0 Å². The lowest BCUT2D eigenvalue weighted by molar-refractivity contribution is -0.139. The number of methoxy groups -OCH3 is 1. The SMILES string of the molecule is COC(=O)Cc1ccc(CNCCc2ccncc2)s1. The number of hydrogen-bond acceptors (Lipinski definition) is 5. The third-order valence-corrected chi connectivity index (χ3v) is 3.99. The number of aromatic nitrogens is 1. The maximum absolute atomic E-state index is 11.2. The van der Waals surface area contributed by atoms with Crippen LogP contribution in [0.4, 0.5) is 0 Å². The quantitative estimate of drug-likeness (QED) is 0.627. The molecule has 0 unspecified atom stereocenters. The van der Waals surface area contributed by atoms with Gasteiger partial charge in [0.15, 0.2) is 0 Å². The van der Waals surface area contributed by atoms with Gasteiger partial charge in [-0.25, -0.2) is 0 Å². The lowest BCUT2D eigenvalue weighted by Crippen LogP contribution is -2.15. The number of nitrogens with zero attached hydrogens (tertiary/aromatic N) is 1. The van der Waals surface area contributed by atoms with Crippen molar-refractivity contribution in [2.75, 3.05) is 13.7 Å². The van der Waals surface area contributed by atoms with Crippen molar-refractivity contribution in [3.05, 3.63) is 52.0 Å². The molecule has 4 nitrogen and oxygen atoms in total. The second-order valence-corrected chi connectivity index (χ2v) is 5.66. The molecule has 2 aromatic heterocycles. The molecule has 5 heteroatoms. The molecule has 0 saturated carbocycles. The van der Waals surface area contributed by atoms with Gasteiger partial charge in [-0.2, -0.15) is 0 Å². The second kappa shape index (κ2) is 7.77. The topological polar surface area (TPSA) is 51.2 Å². The Kier molecular flexibility index (Phi) is 5.70. The normalized spacial score (nSPS) is 10.4. The summed E-state index contributed by atoms with van der Waals surface area (Å²) in [5, 5.41) is 3.40. The fourth-order valence-corrected chi connectivity index (χ4v) is 2.79. The van der Waals surface area contributed by atoms with Crippen LogP contribution >= 0.6 is 11.3 Å². The number of pyridine rings is 1. The molecule has 0 spiro atoms. The van der Waals surface area contributed by atoms with Gasteiger partial charge in [0.05, 0.1) is 13.5 Å². The van der Waals surface area contributed by atoms with Crippen LogP contribution in [-0.4, -0.2) is 24.6 Å². The molecule has 0 aliphatic rings. The molecule has 0 aliphatic heterocycles. The predicted octanol–water partition coefficient (Wildman–Crippen LogP) is 2.19. The van der Waals surface area contributed by atoms with Crippen LogP contribution in [0, 0.1) is 0 Å². The molecule has 0 atom stereocenters. The van der Waals surface area contributed by atoms with E-state index in [1.54, 1.807) is 11.3 Å². The van der Waals surface area contributed by atoms with Gasteiger partial charge < -0.3 is 10.1 Å². The Bertz CT molecular complexity index is 540. The van der Waals surface area contributed by atoms with Gasteiger partial charge in [0.2, 0.25) is 0 Å². The summed E-state index contributed by atoms with van der Waals surface area (Å²) in [6, 6.07) is 8.10. The Labute approximate surface area is 122 Å². The van der Waals surface area contributed by atoms with Gasteiger partial charge in [-0.1, -0.05) is 0 Å². The third kappa shape index (κ3) is 4.75. The molecule has 0 bridgehead atoms. The van der Waals surface area contributed by atoms with Gasteiger partial charge in [0.25, 0.3) is 0 Å². The number of nitrogens with one attached hydrogen (secondary N) is 1. The van der Waals surface area contributed by atoms with Crippen molar-refractivity contribution >= 4 is 17.3 Å². The van der Waals surface area contributed by atoms with Crippen molar-refractivity contribution in [2.24, 2.45) is 0 Å². The molecular formula is C15H18N2O2S. The first kappa shape index (κ1) is 14.7. The molecule has 106 valence electrons. The molecule has 2 heterocycles. The minimum absolute atomic E-state index is 0.191. The molecular weight excluding hydrogens is 272 g/mol. The van der Waals surface area contributed by atoms with Gasteiger partial charge in [0, 0.05) is 28.7 Å². The van der Waals surface area contributed by atoms with Crippen LogP contribution in [-0.2, 0) is 28.9 Å². The van der Waals surface area contributed by atoms with Crippen LogP contribution in [0.2, 0.25) is 0 Å². The summed E-state index contributed by atoms with van der Waals surface area (Å²) in [6.45, 7) is 1.76. The highest BCUT2D eigenvalue weighted by Gasteiger charge is 2.05. The zero-order valence-electron chi connectivity index (χ0n) is 11.5. The minimum Gasteiger partial charge on any atom is -0.469 e. The summed E-state index contributed by atoms with van der Waals surface area (Å²) >= 11 is 1.65. The van der Waals surface area contributed by atoms with Crippen molar-refractivity contribution in [3.63, 3.8) is 0 Å². The predicted molar refractivity (Wildman–Crippen MR) is 79.7 cm³/mol. The van der Waals surface area contributed by atoms with Crippen molar-refractivity contribution in [2.45, 2.75) is 19.4 Å². The summed E-state index contributed by atoms with van der Waals surface area (Å²) in [5.74, 6) is -0.191. The second-order valence-electron chi connectivity index (χ2n) is 4.40. The molecule has 0 fully saturated rings. The molecule has 0 radical (unpaired) electrons. The fraction of sp³-hybridized carbons (Fsp3) is 0.333. The van der Waals surface area contributed by atoms with E-state index in [1.165, 1.54) is 17.6 Å². The van der Waals surface area contributed by atoms with E-state index in [9.17, 15) is 4.79 Å². The smallest absolute Gasteiger partial charge is 0.310 e. The van der Waals surface area contributed by atoms with Gasteiger partial charge in [-0.3, -0.25) is 9.78 Å². The summed E-state index contributed by atoms with van der Waals surface area (Å²) in [4.78, 5) is 17.4. The van der Waals surface area contributed by atoms with Gasteiger partial charge in [-0.05, 0) is 42.8 Å². The number of carbonyl (C=O) groups is 1. The Morgan fingerprint density at radius 1 is 1.25 bits per heavy atom. The number of carbonyl (C=O) groups excluding carboxylic acids is 1. The molecule has 1 N–H and O–H groups in total. The number of ether oxygens (including phenoxy) is 1. The summed E-state index contributed by atoms with van der Waals surface area (Å²) < 4.78 is 4.66. The number of esters is 1. The molecule has 20 heavy (non-hydrogen) atoms. The Balaban J connectivity index is 1.70. The maximum Gasteiger partial charge on any atom is 0.310 e. The van der Waals surface area contributed by atoms with Crippen molar-refractivity contribution in [3.8, 4) is 0 Å². The van der Waals surface area contributed by atoms with Crippen molar-refractivity contribution < 1.29 is 9.53 Å². The average Bonchev–Trinajstić information content (AvgIpc) is 2.92. The fourth-order valence-electron chi connectivity index (χ4n) is 1.82. The van der Waals surface area contributed by atoms with E-state index < -0.39 is 0 Å². The van der Waals surface area contributed by atoms with E-state index in [0.29, 0.717) is 6.42 Å². The largest absolute Gasteiger partial charge is 0.469 e. The highest BCUT2D eigenvalue weighted by atomic mass is 32.1. The molecule has 0 amide bonds. The highest BCUT2D eigenvalue weighted by molar-refractivity contribution is 7.12. The zero-order valence-corrected chi connectivity index (χ0v) is 12.3. The lowest BCUT2D eigenvalue weighted by atomic mass is 10.2. The zero-order chi connectivity index (χ0) is 14.2. The van der Waals surface area contributed by atoms with Crippen LogP contribution in [0.1, 0.15) is 15.3 Å². The van der Waals surface area contributed by atoms with Gasteiger partial charge >= 0.3 is 5.97 Å². The summed E-state index contributed by atoms with van der Waals surface area (Å²) in [7, 11) is 1.41. The summed E-state index contributed by atoms with van der Waals surface area (Å²) in [5.41, 5.74) is 1.28. The van der Waals surface area contributed by atoms with Crippen molar-refractivity contribution in [1.82, 2.24) is 10.3 Å². The Hall–Kier alpha value is -1.72. The van der Waals surface area contributed by atoms with E-state index in [-0.39, 0.29) is 5.97 Å². The van der Waals surface area contributed by atoms with Crippen LogP contribution in [0.15, 0.2) is 36.7 Å². The number of rotatable bonds is 7. The Morgan fingerprint density at radius 2 is 2.00 bits per heavy atom. The van der Waals surface area contributed by atoms with E-state index in [2.05, 4.69) is 21.1 Å². The highest BCUT2D eigenvalue weighted by Crippen LogP contribution is 2.17. The lowest BCUT2D eigenvalue weighted by Gasteiger charge is -2.03. The minimum atomic E-state index is -0.191. The van der Waals surface area contributed by atoms with Gasteiger partial charge in [0.1, 0.15) is 0 Å².